The molecule has 2 aromatic heterocycles. The van der Waals surface area contributed by atoms with Crippen molar-refractivity contribution in [1.29, 1.82) is 0 Å². The Morgan fingerprint density at radius 2 is 1.80 bits per heavy atom. The van der Waals surface area contributed by atoms with Crippen LogP contribution in [-0.4, -0.2) is 85.5 Å². The second-order valence-electron chi connectivity index (χ2n) is 10.3. The molecule has 222 valence electrons. The minimum Gasteiger partial charge on any atom is -0.380 e. The van der Waals surface area contributed by atoms with Crippen LogP contribution >= 0.6 is 0 Å². The normalized spacial score (nSPS) is 16.0. The number of pyridine rings is 1. The predicted octanol–water partition coefficient (Wildman–Crippen LogP) is 5.28. The Morgan fingerprint density at radius 1 is 1.02 bits per heavy atom. The number of piperazine rings is 1. The minimum absolute atomic E-state index is 0.340. The van der Waals surface area contributed by atoms with Crippen molar-refractivity contribution < 1.29 is 17.9 Å². The van der Waals surface area contributed by atoms with Gasteiger partial charge in [-0.2, -0.15) is 15.0 Å². The van der Waals surface area contributed by atoms with Crippen LogP contribution in [-0.2, 0) is 11.2 Å². The van der Waals surface area contributed by atoms with E-state index in [9.17, 15) is 13.2 Å². The molecular formula is C30H40F3N7O. The number of allylic oxidation sites excluding steroid dienone is 6. The highest BCUT2D eigenvalue weighted by Gasteiger charge is 2.32. The maximum Gasteiger partial charge on any atom is 0.280 e. The molecule has 0 atom stereocenters. The zero-order valence-corrected chi connectivity index (χ0v) is 24.2. The summed E-state index contributed by atoms with van der Waals surface area (Å²) in [7, 11) is 1.94. The van der Waals surface area contributed by atoms with E-state index in [1.165, 1.54) is 5.57 Å². The third-order valence-electron chi connectivity index (χ3n) is 7.09. The van der Waals surface area contributed by atoms with Crippen molar-refractivity contribution in [3.8, 4) is 0 Å². The highest BCUT2D eigenvalue weighted by molar-refractivity contribution is 5.72. The Kier molecular flexibility index (Phi) is 10.7. The Morgan fingerprint density at radius 3 is 2.54 bits per heavy atom. The van der Waals surface area contributed by atoms with Gasteiger partial charge < -0.3 is 19.4 Å². The van der Waals surface area contributed by atoms with Gasteiger partial charge in [-0.05, 0) is 25.8 Å². The highest BCUT2D eigenvalue weighted by Crippen LogP contribution is 2.28. The molecular weight excluding hydrogens is 531 g/mol. The van der Waals surface area contributed by atoms with Crippen molar-refractivity contribution in [2.75, 3.05) is 74.4 Å². The van der Waals surface area contributed by atoms with Crippen LogP contribution in [0.4, 0.5) is 30.9 Å². The van der Waals surface area contributed by atoms with Gasteiger partial charge >= 0.3 is 0 Å². The molecule has 1 aliphatic carbocycles. The lowest BCUT2D eigenvalue weighted by Gasteiger charge is -2.36. The summed E-state index contributed by atoms with van der Waals surface area (Å²) in [6.07, 6.45) is 12.4. The van der Waals surface area contributed by atoms with E-state index in [0.717, 1.165) is 24.8 Å². The molecule has 0 bridgehead atoms. The summed E-state index contributed by atoms with van der Waals surface area (Å²) in [5, 5.41) is 0. The number of hydrogen-bond donors (Lipinski definition) is 0. The van der Waals surface area contributed by atoms with E-state index in [4.69, 9.17) is 19.7 Å². The van der Waals surface area contributed by atoms with Gasteiger partial charge in [-0.25, -0.2) is 18.2 Å². The first-order valence-corrected chi connectivity index (χ1v) is 14.3. The number of halogens is 3. The fourth-order valence-electron chi connectivity index (χ4n) is 4.85. The standard InChI is InChI=1S/C30H40F3N7O/c1-4-8-23-9-6-10-24(13-12-23)26-35-28(38(3)19-20-41-5-2)37-29(36-26)40-17-15-39(16-18-40)27-25(11-7-14-34-27)21-30(32,33)22-31/h7,9-14H,4-6,8,15-22H2,1-3H3. The highest BCUT2D eigenvalue weighted by atomic mass is 19.3. The van der Waals surface area contributed by atoms with E-state index in [2.05, 4.69) is 41.1 Å². The molecule has 0 amide bonds. The summed E-state index contributed by atoms with van der Waals surface area (Å²) in [6.45, 7) is 6.48. The first-order chi connectivity index (χ1) is 19.8. The van der Waals surface area contributed by atoms with Crippen LogP contribution in [0.25, 0.3) is 5.57 Å². The van der Waals surface area contributed by atoms with E-state index >= 15 is 0 Å². The summed E-state index contributed by atoms with van der Waals surface area (Å²) >= 11 is 0. The monoisotopic (exact) mass is 571 g/mol. The van der Waals surface area contributed by atoms with Crippen molar-refractivity contribution in [3.05, 3.63) is 59.6 Å². The van der Waals surface area contributed by atoms with Gasteiger partial charge in [0.05, 0.1) is 6.61 Å². The van der Waals surface area contributed by atoms with E-state index in [1.807, 2.05) is 23.8 Å². The Balaban J connectivity index is 1.55. The van der Waals surface area contributed by atoms with E-state index in [0.29, 0.717) is 75.0 Å². The quantitative estimate of drug-likeness (QED) is 0.301. The van der Waals surface area contributed by atoms with Crippen LogP contribution in [0.15, 0.2) is 48.2 Å². The zero-order chi connectivity index (χ0) is 29.2. The number of alkyl halides is 3. The van der Waals surface area contributed by atoms with Crippen LogP contribution in [0.5, 0.6) is 0 Å². The lowest BCUT2D eigenvalue weighted by atomic mass is 10.1. The van der Waals surface area contributed by atoms with Crippen LogP contribution in [0, 0.1) is 0 Å². The maximum absolute atomic E-state index is 13.9. The second kappa shape index (κ2) is 14.4. The predicted molar refractivity (Wildman–Crippen MR) is 158 cm³/mol. The van der Waals surface area contributed by atoms with Gasteiger partial charge in [-0.1, -0.05) is 49.3 Å². The largest absolute Gasteiger partial charge is 0.380 e. The molecule has 11 heteroatoms. The fraction of sp³-hybridized carbons (Fsp3) is 0.533. The Labute approximate surface area is 240 Å². The molecule has 1 fully saturated rings. The molecule has 0 N–H and O–H groups in total. The van der Waals surface area contributed by atoms with Crippen molar-refractivity contribution in [2.24, 2.45) is 0 Å². The van der Waals surface area contributed by atoms with Gasteiger partial charge in [-0.15, -0.1) is 0 Å². The number of ether oxygens (including phenoxy) is 1. The number of hydrogen-bond acceptors (Lipinski definition) is 8. The van der Waals surface area contributed by atoms with Crippen LogP contribution < -0.4 is 14.7 Å². The summed E-state index contributed by atoms with van der Waals surface area (Å²) < 4.78 is 46.1. The molecule has 0 aromatic carbocycles. The van der Waals surface area contributed by atoms with Gasteiger partial charge in [-0.3, -0.25) is 0 Å². The molecule has 1 saturated heterocycles. The molecule has 3 heterocycles. The zero-order valence-electron chi connectivity index (χ0n) is 24.2. The van der Waals surface area contributed by atoms with Crippen LogP contribution in [0.1, 0.15) is 44.5 Å². The maximum atomic E-state index is 13.9. The first kappa shape index (κ1) is 30.5. The summed E-state index contributed by atoms with van der Waals surface area (Å²) in [6, 6.07) is 3.20. The molecule has 2 aromatic rings. The van der Waals surface area contributed by atoms with E-state index in [1.54, 1.807) is 18.3 Å². The third kappa shape index (κ3) is 8.28. The lowest BCUT2D eigenvalue weighted by Crippen LogP contribution is -2.48. The number of aromatic nitrogens is 4. The summed E-state index contributed by atoms with van der Waals surface area (Å²) in [5.74, 6) is -1.21. The molecule has 8 nitrogen and oxygen atoms in total. The van der Waals surface area contributed by atoms with E-state index < -0.39 is 19.0 Å². The molecule has 41 heavy (non-hydrogen) atoms. The molecule has 0 unspecified atom stereocenters. The molecule has 2 aliphatic rings. The van der Waals surface area contributed by atoms with Gasteiger partial charge in [0.15, 0.2) is 12.5 Å². The average molecular weight is 572 g/mol. The summed E-state index contributed by atoms with van der Waals surface area (Å²) in [5.41, 5.74) is 2.59. The van der Waals surface area contributed by atoms with Gasteiger partial charge in [0.2, 0.25) is 11.9 Å². The smallest absolute Gasteiger partial charge is 0.280 e. The SMILES string of the molecule is CCCC1=CCC=C(c2nc(N(C)CCOCC)nc(N3CCN(c4ncccc4CC(F)(F)CF)CC3)n2)C=C1. The van der Waals surface area contributed by atoms with Crippen LogP contribution in [0.2, 0.25) is 0 Å². The van der Waals surface area contributed by atoms with Crippen LogP contribution in [0.3, 0.4) is 0 Å². The number of rotatable bonds is 13. The van der Waals surface area contributed by atoms with Crippen molar-refractivity contribution in [3.63, 3.8) is 0 Å². The van der Waals surface area contributed by atoms with Crippen molar-refractivity contribution in [1.82, 2.24) is 19.9 Å². The third-order valence-corrected chi connectivity index (χ3v) is 7.09. The van der Waals surface area contributed by atoms with E-state index in [-0.39, 0.29) is 0 Å². The summed E-state index contributed by atoms with van der Waals surface area (Å²) in [4.78, 5) is 24.9. The molecule has 0 spiro atoms. The molecule has 0 radical (unpaired) electrons. The molecule has 0 saturated carbocycles. The van der Waals surface area contributed by atoms with Crippen molar-refractivity contribution >= 4 is 23.3 Å². The minimum atomic E-state index is -3.42. The topological polar surface area (TPSA) is 70.5 Å². The van der Waals surface area contributed by atoms with Crippen molar-refractivity contribution in [2.45, 2.75) is 45.5 Å². The van der Waals surface area contributed by atoms with Gasteiger partial charge in [0.1, 0.15) is 5.82 Å². The second-order valence-corrected chi connectivity index (χ2v) is 10.3. The number of anilines is 3. The average Bonchev–Trinajstić information content (AvgIpc) is 3.23. The fourth-order valence-corrected chi connectivity index (χ4v) is 4.85. The molecule has 1 aliphatic heterocycles. The Hall–Kier alpha value is -3.47. The first-order valence-electron chi connectivity index (χ1n) is 14.3. The lowest BCUT2D eigenvalue weighted by molar-refractivity contribution is -0.0216. The number of likely N-dealkylation sites (N-methyl/N-ethyl adjacent to an activating group) is 1. The number of nitrogens with zero attached hydrogens (tertiary/aromatic N) is 7. The molecule has 4 rings (SSSR count). The van der Waals surface area contributed by atoms with Gasteiger partial charge in [0, 0.05) is 70.1 Å². The van der Waals surface area contributed by atoms with Gasteiger partial charge in [0.25, 0.3) is 5.92 Å². The Bertz CT molecular complexity index is 1240.